The fourth-order valence-electron chi connectivity index (χ4n) is 4.31. The highest BCUT2D eigenvalue weighted by atomic mass is 16.1. The molecule has 0 aliphatic heterocycles. The average Bonchev–Trinajstić information content (AvgIpc) is 3.31. The van der Waals surface area contributed by atoms with Gasteiger partial charge in [0, 0.05) is 34.6 Å². The van der Waals surface area contributed by atoms with E-state index in [4.69, 9.17) is 4.98 Å². The number of fused-ring (bicyclic) bond motifs is 3. The average molecular weight is 416 g/mol. The Bertz CT molecular complexity index is 1660. The molecule has 5 nitrogen and oxygen atoms in total. The smallest absolute Gasteiger partial charge is 0.275 e. The highest BCUT2D eigenvalue weighted by molar-refractivity contribution is 5.97. The summed E-state index contributed by atoms with van der Waals surface area (Å²) in [6.07, 6.45) is 4.34. The standard InChI is InChI=1S/C27H20N4O/c32-27-26-21(5-3-6-23(26)20-9-8-19-12-14-28-25(19)16-20)17-29-31(27)15-13-22-11-10-18-4-1-2-7-24(18)30-22/h1-12,14,16-17,28H,13,15H2. The van der Waals surface area contributed by atoms with Crippen LogP contribution in [0.4, 0.5) is 0 Å². The molecule has 0 bridgehead atoms. The summed E-state index contributed by atoms with van der Waals surface area (Å²) in [5.41, 5.74) is 4.82. The van der Waals surface area contributed by atoms with Crippen LogP contribution in [-0.4, -0.2) is 19.7 Å². The van der Waals surface area contributed by atoms with Gasteiger partial charge in [-0.25, -0.2) is 4.68 Å². The van der Waals surface area contributed by atoms with E-state index in [-0.39, 0.29) is 5.56 Å². The van der Waals surface area contributed by atoms with E-state index in [1.807, 2.05) is 60.8 Å². The molecule has 0 radical (unpaired) electrons. The van der Waals surface area contributed by atoms with Gasteiger partial charge in [0.05, 0.1) is 23.6 Å². The van der Waals surface area contributed by atoms with Gasteiger partial charge in [0.15, 0.2) is 0 Å². The fourth-order valence-corrected chi connectivity index (χ4v) is 4.31. The summed E-state index contributed by atoms with van der Waals surface area (Å²) in [7, 11) is 0. The van der Waals surface area contributed by atoms with Gasteiger partial charge in [-0.2, -0.15) is 5.10 Å². The minimum absolute atomic E-state index is 0.0783. The van der Waals surface area contributed by atoms with Crippen molar-refractivity contribution in [3.63, 3.8) is 0 Å². The maximum Gasteiger partial charge on any atom is 0.275 e. The quantitative estimate of drug-likeness (QED) is 0.422. The number of aryl methyl sites for hydroxylation is 2. The van der Waals surface area contributed by atoms with Crippen molar-refractivity contribution in [2.45, 2.75) is 13.0 Å². The van der Waals surface area contributed by atoms with Crippen LogP contribution in [0.25, 0.3) is 43.7 Å². The number of hydrogen-bond acceptors (Lipinski definition) is 3. The van der Waals surface area contributed by atoms with Crippen molar-refractivity contribution in [1.29, 1.82) is 0 Å². The highest BCUT2D eigenvalue weighted by Gasteiger charge is 2.12. The molecule has 3 heterocycles. The number of aromatic nitrogens is 4. The van der Waals surface area contributed by atoms with Gasteiger partial charge in [0.25, 0.3) is 5.56 Å². The zero-order valence-electron chi connectivity index (χ0n) is 17.3. The highest BCUT2D eigenvalue weighted by Crippen LogP contribution is 2.28. The lowest BCUT2D eigenvalue weighted by Crippen LogP contribution is -2.24. The van der Waals surface area contributed by atoms with Gasteiger partial charge in [0.2, 0.25) is 0 Å². The van der Waals surface area contributed by atoms with Gasteiger partial charge in [0.1, 0.15) is 0 Å². The van der Waals surface area contributed by atoms with E-state index in [2.05, 4.69) is 34.3 Å². The Labute approximate surface area is 184 Å². The van der Waals surface area contributed by atoms with Crippen LogP contribution in [0.5, 0.6) is 0 Å². The number of hydrogen-bond donors (Lipinski definition) is 1. The molecule has 0 spiro atoms. The first kappa shape index (κ1) is 18.5. The molecule has 0 unspecified atom stereocenters. The molecular weight excluding hydrogens is 396 g/mol. The van der Waals surface area contributed by atoms with Crippen molar-refractivity contribution in [3.05, 3.63) is 107 Å². The SMILES string of the molecule is O=c1c2c(-c3ccc4cc[nH]c4c3)cccc2cnn1CCc1ccc2ccccc2n1. The van der Waals surface area contributed by atoms with Gasteiger partial charge in [-0.3, -0.25) is 9.78 Å². The molecule has 6 aromatic rings. The minimum Gasteiger partial charge on any atom is -0.361 e. The molecule has 0 atom stereocenters. The predicted molar refractivity (Wildman–Crippen MR) is 129 cm³/mol. The van der Waals surface area contributed by atoms with Crippen molar-refractivity contribution in [1.82, 2.24) is 19.7 Å². The van der Waals surface area contributed by atoms with Crippen LogP contribution in [0.1, 0.15) is 5.69 Å². The predicted octanol–water partition coefficient (Wildman–Crippen LogP) is 5.34. The summed E-state index contributed by atoms with van der Waals surface area (Å²) >= 11 is 0. The van der Waals surface area contributed by atoms with Crippen LogP contribution >= 0.6 is 0 Å². The van der Waals surface area contributed by atoms with Crippen LogP contribution in [0.3, 0.4) is 0 Å². The summed E-state index contributed by atoms with van der Waals surface area (Å²) in [6, 6.07) is 26.3. The Morgan fingerprint density at radius 1 is 0.844 bits per heavy atom. The molecule has 32 heavy (non-hydrogen) atoms. The fraction of sp³-hybridized carbons (Fsp3) is 0.0741. The monoisotopic (exact) mass is 416 g/mol. The van der Waals surface area contributed by atoms with Gasteiger partial charge < -0.3 is 4.98 Å². The number of H-pyrrole nitrogens is 1. The normalized spacial score (nSPS) is 11.5. The third-order valence-electron chi connectivity index (χ3n) is 5.98. The maximum atomic E-state index is 13.4. The lowest BCUT2D eigenvalue weighted by Gasteiger charge is -2.10. The van der Waals surface area contributed by atoms with Gasteiger partial charge in [-0.05, 0) is 40.8 Å². The number of benzene rings is 3. The van der Waals surface area contributed by atoms with Gasteiger partial charge in [-0.15, -0.1) is 0 Å². The maximum absolute atomic E-state index is 13.4. The first-order valence-electron chi connectivity index (χ1n) is 10.7. The number of rotatable bonds is 4. The van der Waals surface area contributed by atoms with E-state index in [0.717, 1.165) is 44.0 Å². The van der Waals surface area contributed by atoms with E-state index in [9.17, 15) is 4.79 Å². The number of nitrogens with zero attached hydrogens (tertiary/aromatic N) is 3. The molecule has 0 aliphatic carbocycles. The Hall–Kier alpha value is -4.25. The molecule has 0 amide bonds. The first-order valence-corrected chi connectivity index (χ1v) is 10.7. The van der Waals surface area contributed by atoms with Crippen LogP contribution in [0, 0.1) is 0 Å². The second kappa shape index (κ2) is 7.46. The molecular formula is C27H20N4O. The molecule has 3 aromatic heterocycles. The molecule has 3 aromatic carbocycles. The van der Waals surface area contributed by atoms with E-state index < -0.39 is 0 Å². The summed E-state index contributed by atoms with van der Waals surface area (Å²) in [5.74, 6) is 0. The van der Waals surface area contributed by atoms with Crippen molar-refractivity contribution in [3.8, 4) is 11.1 Å². The summed E-state index contributed by atoms with van der Waals surface area (Å²) in [4.78, 5) is 21.4. The van der Waals surface area contributed by atoms with Crippen LogP contribution < -0.4 is 5.56 Å². The Balaban J connectivity index is 1.39. The first-order chi connectivity index (χ1) is 15.8. The molecule has 0 aliphatic rings. The number of aromatic amines is 1. The largest absolute Gasteiger partial charge is 0.361 e. The van der Waals surface area contributed by atoms with Crippen LogP contribution in [0.15, 0.2) is 96.1 Å². The zero-order valence-corrected chi connectivity index (χ0v) is 17.3. The number of nitrogens with one attached hydrogen (secondary N) is 1. The Morgan fingerprint density at radius 2 is 1.72 bits per heavy atom. The van der Waals surface area contributed by atoms with Crippen molar-refractivity contribution < 1.29 is 0 Å². The third kappa shape index (κ3) is 3.15. The summed E-state index contributed by atoms with van der Waals surface area (Å²) < 4.78 is 1.55. The Kier molecular flexibility index (Phi) is 4.32. The number of pyridine rings is 1. The molecule has 1 N–H and O–H groups in total. The topological polar surface area (TPSA) is 63.6 Å². The lowest BCUT2D eigenvalue weighted by atomic mass is 9.99. The van der Waals surface area contributed by atoms with E-state index in [0.29, 0.717) is 18.4 Å². The van der Waals surface area contributed by atoms with E-state index >= 15 is 0 Å². The van der Waals surface area contributed by atoms with E-state index in [1.165, 1.54) is 0 Å². The second-order valence-electron chi connectivity index (χ2n) is 7.97. The zero-order chi connectivity index (χ0) is 21.5. The van der Waals surface area contributed by atoms with Crippen LogP contribution in [0.2, 0.25) is 0 Å². The summed E-state index contributed by atoms with van der Waals surface area (Å²) in [5, 5.41) is 8.23. The van der Waals surface area contributed by atoms with Crippen molar-refractivity contribution in [2.75, 3.05) is 0 Å². The van der Waals surface area contributed by atoms with Crippen LogP contribution in [-0.2, 0) is 13.0 Å². The molecule has 6 rings (SSSR count). The molecule has 5 heteroatoms. The van der Waals surface area contributed by atoms with Crippen molar-refractivity contribution in [2.24, 2.45) is 0 Å². The van der Waals surface area contributed by atoms with Gasteiger partial charge in [-0.1, -0.05) is 54.6 Å². The molecule has 154 valence electrons. The minimum atomic E-state index is -0.0783. The van der Waals surface area contributed by atoms with Gasteiger partial charge >= 0.3 is 0 Å². The second-order valence-corrected chi connectivity index (χ2v) is 7.97. The Morgan fingerprint density at radius 3 is 2.69 bits per heavy atom. The molecule has 0 saturated carbocycles. The van der Waals surface area contributed by atoms with Crippen molar-refractivity contribution >= 4 is 32.6 Å². The lowest BCUT2D eigenvalue weighted by molar-refractivity contribution is 0.580. The van der Waals surface area contributed by atoms with E-state index in [1.54, 1.807) is 10.9 Å². The summed E-state index contributed by atoms with van der Waals surface area (Å²) in [6.45, 7) is 0.476. The molecule has 0 saturated heterocycles. The number of para-hydroxylation sites is 1. The molecule has 0 fully saturated rings. The third-order valence-corrected chi connectivity index (χ3v) is 5.98.